The van der Waals surface area contributed by atoms with E-state index in [-0.39, 0.29) is 35.8 Å². The summed E-state index contributed by atoms with van der Waals surface area (Å²) in [5, 5.41) is 19.2. The van der Waals surface area contributed by atoms with E-state index in [4.69, 9.17) is 20.6 Å². The molecule has 4 rings (SSSR count). The topological polar surface area (TPSA) is 199 Å². The highest BCUT2D eigenvalue weighted by Gasteiger charge is 2.22. The lowest BCUT2D eigenvalue weighted by Crippen LogP contribution is -2.38. The Bertz CT molecular complexity index is 1560. The van der Waals surface area contributed by atoms with Gasteiger partial charge in [-0.15, -0.1) is 0 Å². The highest BCUT2D eigenvalue weighted by Crippen LogP contribution is 2.27. The number of carboxylic acid groups (broad SMARTS) is 2. The standard InChI is InChI=1S/C28H26N4O8/c29-28(30)31-20-6-4-17(5-7-20)27(38)40-21-8-9-22-19(15-39-23(22)12-21)11-24(33)32(14-25(34)35)13-16-2-1-3-18(10-16)26(36)37/h2,4-10,12,15H,1,3,11,13-14H2,(H,34,35)(H,36,37)(H4,29,30,31). The van der Waals surface area contributed by atoms with Crippen LogP contribution in [0.25, 0.3) is 11.0 Å². The first kappa shape index (κ1) is 27.6. The van der Waals surface area contributed by atoms with Crippen molar-refractivity contribution < 1.29 is 38.5 Å². The zero-order valence-electron chi connectivity index (χ0n) is 21.2. The summed E-state index contributed by atoms with van der Waals surface area (Å²) in [5.74, 6) is -3.21. The molecule has 1 amide bonds. The Morgan fingerprint density at radius 1 is 1.05 bits per heavy atom. The van der Waals surface area contributed by atoms with Crippen LogP contribution in [0.5, 0.6) is 5.75 Å². The lowest BCUT2D eigenvalue weighted by molar-refractivity contribution is -0.143. The van der Waals surface area contributed by atoms with E-state index in [1.807, 2.05) is 0 Å². The number of esters is 1. The van der Waals surface area contributed by atoms with E-state index in [0.717, 1.165) is 4.90 Å². The van der Waals surface area contributed by atoms with Crippen molar-refractivity contribution in [1.82, 2.24) is 4.90 Å². The van der Waals surface area contributed by atoms with Crippen LogP contribution in [-0.4, -0.2) is 58.0 Å². The average molecular weight is 547 g/mol. The lowest BCUT2D eigenvalue weighted by Gasteiger charge is -2.23. The number of carbonyl (C=O) groups excluding carboxylic acids is 2. The molecule has 0 saturated carbocycles. The number of nitrogens with two attached hydrogens (primary N) is 2. The maximum atomic E-state index is 13.1. The van der Waals surface area contributed by atoms with Gasteiger partial charge < -0.3 is 35.7 Å². The molecule has 40 heavy (non-hydrogen) atoms. The number of carboxylic acids is 2. The molecule has 6 N–H and O–H groups in total. The van der Waals surface area contributed by atoms with Crippen LogP contribution in [-0.2, 0) is 20.8 Å². The third kappa shape index (κ3) is 6.92. The highest BCUT2D eigenvalue weighted by atomic mass is 16.5. The molecule has 0 atom stereocenters. The van der Waals surface area contributed by atoms with Gasteiger partial charge in [0.25, 0.3) is 0 Å². The second kappa shape index (κ2) is 12.0. The third-order valence-corrected chi connectivity index (χ3v) is 6.05. The molecule has 0 fully saturated rings. The van der Waals surface area contributed by atoms with Gasteiger partial charge >= 0.3 is 17.9 Å². The number of hydrogen-bond donors (Lipinski definition) is 4. The van der Waals surface area contributed by atoms with Crippen LogP contribution in [0.1, 0.15) is 28.8 Å². The SMILES string of the molecule is NC(N)=Nc1ccc(C(=O)Oc2ccc3c(CC(=O)N(CC(=O)O)CC4=CCCC(C(=O)O)=C4)coc3c2)cc1. The van der Waals surface area contributed by atoms with E-state index >= 15 is 0 Å². The third-order valence-electron chi connectivity index (χ3n) is 6.05. The zero-order chi connectivity index (χ0) is 28.8. The van der Waals surface area contributed by atoms with E-state index in [1.165, 1.54) is 30.5 Å². The summed E-state index contributed by atoms with van der Waals surface area (Å²) in [7, 11) is 0. The molecule has 1 aliphatic rings. The Kier molecular flexibility index (Phi) is 8.28. The number of hydrogen-bond acceptors (Lipinski definition) is 7. The normalized spacial score (nSPS) is 12.7. The highest BCUT2D eigenvalue weighted by molar-refractivity contribution is 5.93. The monoisotopic (exact) mass is 546 g/mol. The van der Waals surface area contributed by atoms with Crippen molar-refractivity contribution in [3.05, 3.63) is 83.2 Å². The predicted octanol–water partition coefficient (Wildman–Crippen LogP) is 2.74. The number of benzene rings is 2. The maximum absolute atomic E-state index is 13.1. The van der Waals surface area contributed by atoms with Crippen LogP contribution in [0, 0.1) is 0 Å². The number of ether oxygens (including phenoxy) is 1. The molecule has 0 saturated heterocycles. The van der Waals surface area contributed by atoms with Crippen molar-refractivity contribution >= 4 is 46.4 Å². The van der Waals surface area contributed by atoms with Crippen LogP contribution in [0.4, 0.5) is 5.69 Å². The van der Waals surface area contributed by atoms with Gasteiger partial charge in [-0.3, -0.25) is 9.59 Å². The molecule has 0 bridgehead atoms. The first-order valence-corrected chi connectivity index (χ1v) is 12.1. The lowest BCUT2D eigenvalue weighted by atomic mass is 9.99. The Balaban J connectivity index is 1.45. The smallest absolute Gasteiger partial charge is 0.343 e. The molecule has 0 unspecified atom stereocenters. The van der Waals surface area contributed by atoms with E-state index in [2.05, 4.69) is 4.99 Å². The fourth-order valence-electron chi connectivity index (χ4n) is 4.19. The Morgan fingerprint density at radius 2 is 1.80 bits per heavy atom. The van der Waals surface area contributed by atoms with Gasteiger partial charge in [-0.2, -0.15) is 0 Å². The number of aliphatic carboxylic acids is 2. The number of amides is 1. The number of carbonyl (C=O) groups is 4. The predicted molar refractivity (Wildman–Crippen MR) is 144 cm³/mol. The van der Waals surface area contributed by atoms with Crippen molar-refractivity contribution in [2.24, 2.45) is 16.5 Å². The van der Waals surface area contributed by atoms with Crippen LogP contribution in [0.3, 0.4) is 0 Å². The number of guanidine groups is 1. The number of rotatable bonds is 10. The van der Waals surface area contributed by atoms with Gasteiger partial charge in [0.1, 0.15) is 17.9 Å². The second-order valence-corrected chi connectivity index (χ2v) is 9.00. The number of allylic oxidation sites excluding steroid dienone is 1. The number of furan rings is 1. The maximum Gasteiger partial charge on any atom is 0.343 e. The van der Waals surface area contributed by atoms with Gasteiger partial charge in [-0.1, -0.05) is 6.08 Å². The fraction of sp³-hybridized carbons (Fsp3) is 0.179. The molecular formula is C28H26N4O8. The van der Waals surface area contributed by atoms with Gasteiger partial charge in [-0.25, -0.2) is 14.6 Å². The first-order chi connectivity index (χ1) is 19.1. The zero-order valence-corrected chi connectivity index (χ0v) is 21.2. The average Bonchev–Trinajstić information content (AvgIpc) is 3.30. The number of fused-ring (bicyclic) bond motifs is 1. The molecule has 1 heterocycles. The molecular weight excluding hydrogens is 520 g/mol. The molecule has 0 radical (unpaired) electrons. The van der Waals surface area contributed by atoms with E-state index in [0.29, 0.717) is 40.6 Å². The van der Waals surface area contributed by atoms with Crippen LogP contribution in [0.15, 0.2) is 81.4 Å². The summed E-state index contributed by atoms with van der Waals surface area (Å²) in [6, 6.07) is 10.9. The summed E-state index contributed by atoms with van der Waals surface area (Å²) < 4.78 is 11.0. The fourth-order valence-corrected chi connectivity index (χ4v) is 4.19. The molecule has 12 heteroatoms. The molecule has 1 aromatic heterocycles. The van der Waals surface area contributed by atoms with E-state index in [1.54, 1.807) is 30.3 Å². The summed E-state index contributed by atoms with van der Waals surface area (Å²) in [5.41, 5.74) is 13.1. The first-order valence-electron chi connectivity index (χ1n) is 12.1. The van der Waals surface area contributed by atoms with Crippen LogP contribution in [0.2, 0.25) is 0 Å². The number of aliphatic imine (C=N–C) groups is 1. The van der Waals surface area contributed by atoms with Crippen molar-refractivity contribution in [3.63, 3.8) is 0 Å². The summed E-state index contributed by atoms with van der Waals surface area (Å²) in [6.45, 7) is -0.583. The van der Waals surface area contributed by atoms with E-state index < -0.39 is 30.4 Å². The molecule has 0 spiro atoms. The molecule has 0 aliphatic heterocycles. The van der Waals surface area contributed by atoms with Crippen molar-refractivity contribution in [3.8, 4) is 5.75 Å². The van der Waals surface area contributed by atoms with Gasteiger partial charge in [0.05, 0.1) is 23.9 Å². The molecule has 2 aromatic carbocycles. The Labute approximate surface area is 227 Å². The molecule has 12 nitrogen and oxygen atoms in total. The molecule has 3 aromatic rings. The van der Waals surface area contributed by atoms with E-state index in [9.17, 15) is 29.4 Å². The Morgan fingerprint density at radius 3 is 2.48 bits per heavy atom. The molecule has 1 aliphatic carbocycles. The van der Waals surface area contributed by atoms with Crippen molar-refractivity contribution in [2.45, 2.75) is 19.3 Å². The Hall–Kier alpha value is -5.39. The summed E-state index contributed by atoms with van der Waals surface area (Å²) in [6.07, 6.45) is 5.37. The van der Waals surface area contributed by atoms with Gasteiger partial charge in [0.2, 0.25) is 5.91 Å². The van der Waals surface area contributed by atoms with Crippen molar-refractivity contribution in [2.75, 3.05) is 13.1 Å². The van der Waals surface area contributed by atoms with Crippen molar-refractivity contribution in [1.29, 1.82) is 0 Å². The minimum Gasteiger partial charge on any atom is -0.480 e. The minimum absolute atomic E-state index is 0.0370. The molecule has 206 valence electrons. The van der Waals surface area contributed by atoms with Gasteiger partial charge in [0, 0.05) is 29.1 Å². The van der Waals surface area contributed by atoms with Gasteiger partial charge in [0.15, 0.2) is 5.96 Å². The summed E-state index contributed by atoms with van der Waals surface area (Å²) in [4.78, 5) is 53.4. The minimum atomic E-state index is -1.19. The number of nitrogens with zero attached hydrogens (tertiary/aromatic N) is 2. The second-order valence-electron chi connectivity index (χ2n) is 9.00. The quantitative estimate of drug-likeness (QED) is 0.127. The largest absolute Gasteiger partial charge is 0.480 e. The van der Waals surface area contributed by atoms with Crippen LogP contribution >= 0.6 is 0 Å². The van der Waals surface area contributed by atoms with Crippen LogP contribution < -0.4 is 16.2 Å². The van der Waals surface area contributed by atoms with Gasteiger partial charge in [-0.05, 0) is 60.9 Å². The summed E-state index contributed by atoms with van der Waals surface area (Å²) >= 11 is 0.